The molecule has 0 spiro atoms. The van der Waals surface area contributed by atoms with Crippen molar-refractivity contribution in [3.63, 3.8) is 0 Å². The Kier molecular flexibility index (Phi) is 5.62. The fourth-order valence-electron chi connectivity index (χ4n) is 3.23. The molecular formula is C18H29NO. The van der Waals surface area contributed by atoms with Gasteiger partial charge < -0.3 is 5.11 Å². The largest absolute Gasteiger partial charge is 0.395 e. The lowest BCUT2D eigenvalue weighted by Gasteiger charge is -2.41. The molecule has 1 fully saturated rings. The summed E-state index contributed by atoms with van der Waals surface area (Å²) in [6.07, 6.45) is 6.35. The first-order valence-corrected chi connectivity index (χ1v) is 8.02. The van der Waals surface area contributed by atoms with Crippen LogP contribution in [-0.4, -0.2) is 35.7 Å². The summed E-state index contributed by atoms with van der Waals surface area (Å²) in [5.41, 5.74) is 1.96. The van der Waals surface area contributed by atoms with Gasteiger partial charge in [-0.3, -0.25) is 4.90 Å². The molecule has 1 aliphatic rings. The molecule has 0 saturated carbocycles. The number of likely N-dealkylation sites (tertiary alicyclic amines) is 1. The summed E-state index contributed by atoms with van der Waals surface area (Å²) in [6, 6.07) is 11.1. The molecule has 1 unspecified atom stereocenters. The van der Waals surface area contributed by atoms with Crippen LogP contribution in [0.1, 0.15) is 45.1 Å². The van der Waals surface area contributed by atoms with E-state index in [1.165, 1.54) is 37.7 Å². The van der Waals surface area contributed by atoms with E-state index in [2.05, 4.69) is 49.1 Å². The lowest BCUT2D eigenvalue weighted by Crippen LogP contribution is -2.44. The summed E-state index contributed by atoms with van der Waals surface area (Å²) in [4.78, 5) is 2.43. The van der Waals surface area contributed by atoms with E-state index in [0.29, 0.717) is 11.5 Å². The number of piperidine rings is 1. The number of benzene rings is 1. The highest BCUT2D eigenvalue weighted by atomic mass is 16.3. The zero-order chi connectivity index (χ0) is 14.4. The zero-order valence-electron chi connectivity index (χ0n) is 13.0. The van der Waals surface area contributed by atoms with Crippen LogP contribution in [0.25, 0.3) is 0 Å². The Morgan fingerprint density at radius 2 is 1.85 bits per heavy atom. The van der Waals surface area contributed by atoms with E-state index in [9.17, 15) is 5.11 Å². The highest BCUT2D eigenvalue weighted by Crippen LogP contribution is 2.36. The molecule has 2 nitrogen and oxygen atoms in total. The van der Waals surface area contributed by atoms with E-state index in [1.54, 1.807) is 0 Å². The average molecular weight is 275 g/mol. The van der Waals surface area contributed by atoms with E-state index in [-0.39, 0.29) is 6.61 Å². The predicted molar refractivity (Wildman–Crippen MR) is 84.8 cm³/mol. The average Bonchev–Trinajstić information content (AvgIpc) is 2.48. The second-order valence-electron chi connectivity index (χ2n) is 6.72. The summed E-state index contributed by atoms with van der Waals surface area (Å²) in [5.74, 6) is 0. The molecule has 1 atom stereocenters. The molecule has 20 heavy (non-hydrogen) atoms. The Balaban J connectivity index is 1.73. The maximum absolute atomic E-state index is 9.24. The van der Waals surface area contributed by atoms with Gasteiger partial charge in [-0.05, 0) is 63.1 Å². The topological polar surface area (TPSA) is 23.5 Å². The number of rotatable bonds is 6. The molecule has 1 aliphatic heterocycles. The van der Waals surface area contributed by atoms with Gasteiger partial charge in [-0.15, -0.1) is 0 Å². The van der Waals surface area contributed by atoms with Gasteiger partial charge in [0.1, 0.15) is 0 Å². The van der Waals surface area contributed by atoms with Gasteiger partial charge in [0, 0.05) is 6.04 Å². The fourth-order valence-corrected chi connectivity index (χ4v) is 3.23. The molecule has 0 bridgehead atoms. The fraction of sp³-hybridized carbons (Fsp3) is 0.667. The zero-order valence-corrected chi connectivity index (χ0v) is 13.0. The van der Waals surface area contributed by atoms with Crippen molar-refractivity contribution in [1.29, 1.82) is 0 Å². The summed E-state index contributed by atoms with van der Waals surface area (Å²) in [6.45, 7) is 7.13. The van der Waals surface area contributed by atoms with Crippen LogP contribution in [0.4, 0.5) is 0 Å². The summed E-state index contributed by atoms with van der Waals surface area (Å²) in [7, 11) is 0. The molecular weight excluding hydrogens is 246 g/mol. The minimum atomic E-state index is 0.282. The minimum Gasteiger partial charge on any atom is -0.395 e. The van der Waals surface area contributed by atoms with Crippen LogP contribution in [0, 0.1) is 5.41 Å². The van der Waals surface area contributed by atoms with Gasteiger partial charge in [-0.25, -0.2) is 0 Å². The van der Waals surface area contributed by atoms with Crippen LogP contribution in [-0.2, 0) is 6.42 Å². The van der Waals surface area contributed by atoms with Crippen molar-refractivity contribution in [2.45, 2.75) is 52.0 Å². The third kappa shape index (κ3) is 4.32. The van der Waals surface area contributed by atoms with Gasteiger partial charge in [-0.1, -0.05) is 37.3 Å². The smallest absolute Gasteiger partial charge is 0.0584 e. The molecule has 112 valence electrons. The number of hydrogen-bond donors (Lipinski definition) is 1. The van der Waals surface area contributed by atoms with Crippen LogP contribution in [0.2, 0.25) is 0 Å². The Morgan fingerprint density at radius 3 is 2.45 bits per heavy atom. The van der Waals surface area contributed by atoms with Gasteiger partial charge in [0.2, 0.25) is 0 Å². The van der Waals surface area contributed by atoms with Crippen molar-refractivity contribution >= 4 is 0 Å². The highest BCUT2D eigenvalue weighted by molar-refractivity contribution is 5.14. The van der Waals surface area contributed by atoms with Crippen molar-refractivity contribution < 1.29 is 5.11 Å². The number of aliphatic hydroxyl groups is 1. The predicted octanol–water partition coefficient (Wildman–Crippen LogP) is 3.49. The van der Waals surface area contributed by atoms with Crippen LogP contribution in [0.3, 0.4) is 0 Å². The van der Waals surface area contributed by atoms with Crippen molar-refractivity contribution in [3.05, 3.63) is 35.9 Å². The molecule has 0 radical (unpaired) electrons. The van der Waals surface area contributed by atoms with Crippen molar-refractivity contribution in [2.75, 3.05) is 19.7 Å². The Morgan fingerprint density at radius 1 is 1.20 bits per heavy atom. The van der Waals surface area contributed by atoms with Crippen molar-refractivity contribution in [1.82, 2.24) is 4.90 Å². The molecule has 1 saturated heterocycles. The van der Waals surface area contributed by atoms with Crippen molar-refractivity contribution in [2.24, 2.45) is 5.41 Å². The van der Waals surface area contributed by atoms with Gasteiger partial charge in [0.15, 0.2) is 0 Å². The lowest BCUT2D eigenvalue weighted by molar-refractivity contribution is 0.0579. The Hall–Kier alpha value is -0.860. The first kappa shape index (κ1) is 15.5. The van der Waals surface area contributed by atoms with Crippen LogP contribution in [0.15, 0.2) is 30.3 Å². The number of aliphatic hydroxyl groups excluding tert-OH is 1. The second-order valence-corrected chi connectivity index (χ2v) is 6.72. The maximum atomic E-state index is 9.24. The van der Waals surface area contributed by atoms with E-state index >= 15 is 0 Å². The molecule has 0 aliphatic carbocycles. The summed E-state index contributed by atoms with van der Waals surface area (Å²) in [5, 5.41) is 9.24. The van der Waals surface area contributed by atoms with Gasteiger partial charge in [-0.2, -0.15) is 0 Å². The maximum Gasteiger partial charge on any atom is 0.0584 e. The standard InChI is InChI=1S/C18H29NO/c1-16(15-20)19-13-11-18(2,12-14-19)10-6-9-17-7-4-3-5-8-17/h3-5,7-8,16,20H,6,9-15H2,1-2H3. The van der Waals surface area contributed by atoms with E-state index in [1.807, 2.05) is 0 Å². The number of nitrogens with zero attached hydrogens (tertiary/aromatic N) is 1. The SMILES string of the molecule is CC(CO)N1CCC(C)(CCCc2ccccc2)CC1. The molecule has 1 aromatic rings. The summed E-state index contributed by atoms with van der Waals surface area (Å²) < 4.78 is 0. The van der Waals surface area contributed by atoms with Crippen LogP contribution in [0.5, 0.6) is 0 Å². The van der Waals surface area contributed by atoms with Crippen LogP contribution >= 0.6 is 0 Å². The second kappa shape index (κ2) is 7.24. The summed E-state index contributed by atoms with van der Waals surface area (Å²) >= 11 is 0. The number of aryl methyl sites for hydroxylation is 1. The van der Waals surface area contributed by atoms with Gasteiger partial charge in [0.25, 0.3) is 0 Å². The molecule has 0 amide bonds. The van der Waals surface area contributed by atoms with Crippen LogP contribution < -0.4 is 0 Å². The van der Waals surface area contributed by atoms with E-state index < -0.39 is 0 Å². The lowest BCUT2D eigenvalue weighted by atomic mass is 9.76. The van der Waals surface area contributed by atoms with Gasteiger partial charge in [0.05, 0.1) is 6.61 Å². The molecule has 0 aromatic heterocycles. The first-order chi connectivity index (χ1) is 9.63. The van der Waals surface area contributed by atoms with Gasteiger partial charge >= 0.3 is 0 Å². The molecule has 2 rings (SSSR count). The molecule has 1 heterocycles. The Bertz CT molecular complexity index is 382. The molecule has 1 N–H and O–H groups in total. The Labute approximate surface area is 123 Å². The minimum absolute atomic E-state index is 0.282. The monoisotopic (exact) mass is 275 g/mol. The van der Waals surface area contributed by atoms with Crippen molar-refractivity contribution in [3.8, 4) is 0 Å². The van der Waals surface area contributed by atoms with E-state index in [4.69, 9.17) is 0 Å². The molecule has 1 aromatic carbocycles. The number of hydrogen-bond acceptors (Lipinski definition) is 2. The highest BCUT2D eigenvalue weighted by Gasteiger charge is 2.30. The third-order valence-corrected chi connectivity index (χ3v) is 4.98. The first-order valence-electron chi connectivity index (χ1n) is 8.02. The third-order valence-electron chi connectivity index (χ3n) is 4.98. The quantitative estimate of drug-likeness (QED) is 0.859. The van der Waals surface area contributed by atoms with E-state index in [0.717, 1.165) is 13.1 Å². The normalized spacial score (nSPS) is 20.8. The molecule has 2 heteroatoms.